The van der Waals surface area contributed by atoms with Crippen LogP contribution in [0.5, 0.6) is 0 Å². The Morgan fingerprint density at radius 3 is 2.16 bits per heavy atom. The van der Waals surface area contributed by atoms with Gasteiger partial charge in [-0.2, -0.15) is 0 Å². The maximum Gasteiger partial charge on any atom is 0.326 e. The average molecular weight is 355 g/mol. The molecule has 0 radical (unpaired) electrons. The second-order valence-corrected chi connectivity index (χ2v) is 6.66. The van der Waals surface area contributed by atoms with Gasteiger partial charge in [0.15, 0.2) is 0 Å². The van der Waals surface area contributed by atoms with Gasteiger partial charge in [-0.3, -0.25) is 4.79 Å². The molecule has 1 amide bonds. The molecule has 0 aromatic heterocycles. The van der Waals surface area contributed by atoms with Crippen LogP contribution < -0.4 is 11.1 Å². The summed E-state index contributed by atoms with van der Waals surface area (Å²) < 4.78 is 0. The van der Waals surface area contributed by atoms with Crippen molar-refractivity contribution >= 4 is 11.9 Å². The molecule has 0 aliphatic carbocycles. The Hall–Kier alpha value is -1.36. The molecule has 5 heteroatoms. The molecule has 1 atom stereocenters. The smallest absolute Gasteiger partial charge is 0.326 e. The molecular weight excluding hydrogens is 316 g/mol. The Morgan fingerprint density at radius 1 is 0.960 bits per heavy atom. The minimum atomic E-state index is -0.982. The lowest BCUT2D eigenvalue weighted by atomic mass is 10.1. The standard InChI is InChI=1S/C20H38N2O3/c1-2-3-4-5-6-7-8-9-10-11-12-13-16-19(23)22-18(20(24)25)15-14-17-21/h6-7,18H,2-5,8-17,21H2,1H3,(H,22,23)(H,24,25)/b7-6-/t18-/m0/s1. The van der Waals surface area contributed by atoms with Crippen molar-refractivity contribution in [3.05, 3.63) is 12.2 Å². The molecule has 0 saturated heterocycles. The fourth-order valence-electron chi connectivity index (χ4n) is 2.67. The average Bonchev–Trinajstić information content (AvgIpc) is 2.59. The van der Waals surface area contributed by atoms with E-state index >= 15 is 0 Å². The summed E-state index contributed by atoms with van der Waals surface area (Å²) >= 11 is 0. The second-order valence-electron chi connectivity index (χ2n) is 6.66. The summed E-state index contributed by atoms with van der Waals surface area (Å²) in [6.07, 6.45) is 17.6. The van der Waals surface area contributed by atoms with Gasteiger partial charge in [-0.25, -0.2) is 4.79 Å². The van der Waals surface area contributed by atoms with Crippen molar-refractivity contribution in [2.45, 2.75) is 96.4 Å². The van der Waals surface area contributed by atoms with Crippen molar-refractivity contribution in [3.8, 4) is 0 Å². The van der Waals surface area contributed by atoms with Crippen LogP contribution >= 0.6 is 0 Å². The molecule has 0 heterocycles. The van der Waals surface area contributed by atoms with Crippen LogP contribution in [0.25, 0.3) is 0 Å². The Morgan fingerprint density at radius 2 is 1.56 bits per heavy atom. The van der Waals surface area contributed by atoms with Crippen LogP contribution in [0, 0.1) is 0 Å². The third kappa shape index (κ3) is 15.9. The lowest BCUT2D eigenvalue weighted by Crippen LogP contribution is -2.40. The van der Waals surface area contributed by atoms with Crippen LogP contribution in [0.3, 0.4) is 0 Å². The summed E-state index contributed by atoms with van der Waals surface area (Å²) in [5, 5.41) is 11.6. The van der Waals surface area contributed by atoms with Crippen molar-refractivity contribution in [1.29, 1.82) is 0 Å². The minimum absolute atomic E-state index is 0.167. The molecular formula is C20H38N2O3. The molecule has 4 N–H and O–H groups in total. The van der Waals surface area contributed by atoms with E-state index in [2.05, 4.69) is 24.4 Å². The van der Waals surface area contributed by atoms with Crippen LogP contribution in [0.15, 0.2) is 12.2 Å². The topological polar surface area (TPSA) is 92.4 Å². The number of carboxylic acids is 1. The number of carbonyl (C=O) groups is 2. The van der Waals surface area contributed by atoms with Crippen molar-refractivity contribution in [2.24, 2.45) is 5.73 Å². The Balaban J connectivity index is 3.54. The van der Waals surface area contributed by atoms with Crippen LogP contribution in [-0.2, 0) is 9.59 Å². The number of nitrogens with one attached hydrogen (secondary N) is 1. The quantitative estimate of drug-likeness (QED) is 0.270. The highest BCUT2D eigenvalue weighted by molar-refractivity contribution is 5.83. The van der Waals surface area contributed by atoms with Crippen molar-refractivity contribution in [1.82, 2.24) is 5.32 Å². The Bertz CT molecular complexity index is 370. The lowest BCUT2D eigenvalue weighted by molar-refractivity contribution is -0.142. The van der Waals surface area contributed by atoms with Crippen LogP contribution in [0.1, 0.15) is 90.4 Å². The van der Waals surface area contributed by atoms with Gasteiger partial charge in [-0.1, -0.05) is 51.2 Å². The van der Waals surface area contributed by atoms with Gasteiger partial charge in [-0.05, 0) is 51.5 Å². The fraction of sp³-hybridized carbons (Fsp3) is 0.800. The van der Waals surface area contributed by atoms with Gasteiger partial charge >= 0.3 is 5.97 Å². The molecule has 0 rings (SSSR count). The molecule has 0 spiro atoms. The molecule has 5 nitrogen and oxygen atoms in total. The number of rotatable bonds is 17. The number of allylic oxidation sites excluding steroid dienone is 2. The molecule has 0 fully saturated rings. The highest BCUT2D eigenvalue weighted by Gasteiger charge is 2.18. The maximum atomic E-state index is 11.8. The summed E-state index contributed by atoms with van der Waals surface area (Å²) in [6, 6.07) is -0.805. The molecule has 25 heavy (non-hydrogen) atoms. The van der Waals surface area contributed by atoms with E-state index in [4.69, 9.17) is 10.8 Å². The predicted molar refractivity (Wildman–Crippen MR) is 103 cm³/mol. The first-order valence-corrected chi connectivity index (χ1v) is 9.99. The number of aliphatic carboxylic acids is 1. The van der Waals surface area contributed by atoms with Gasteiger partial charge in [0.1, 0.15) is 6.04 Å². The summed E-state index contributed by atoms with van der Waals surface area (Å²) in [5.41, 5.74) is 5.38. The number of hydrogen-bond acceptors (Lipinski definition) is 3. The normalized spacial score (nSPS) is 12.4. The summed E-state index contributed by atoms with van der Waals surface area (Å²) in [7, 11) is 0. The largest absolute Gasteiger partial charge is 0.480 e. The number of carbonyl (C=O) groups excluding carboxylic acids is 1. The van der Waals surface area contributed by atoms with Gasteiger partial charge in [0.25, 0.3) is 0 Å². The minimum Gasteiger partial charge on any atom is -0.480 e. The molecule has 0 aromatic carbocycles. The number of carboxylic acid groups (broad SMARTS) is 1. The Labute approximate surface area is 153 Å². The van der Waals surface area contributed by atoms with Gasteiger partial charge < -0.3 is 16.2 Å². The maximum absolute atomic E-state index is 11.8. The zero-order valence-electron chi connectivity index (χ0n) is 16.0. The molecule has 0 aliphatic heterocycles. The highest BCUT2D eigenvalue weighted by atomic mass is 16.4. The summed E-state index contributed by atoms with van der Waals surface area (Å²) in [6.45, 7) is 2.66. The molecule has 0 aliphatic rings. The fourth-order valence-corrected chi connectivity index (χ4v) is 2.67. The van der Waals surface area contributed by atoms with Crippen LogP contribution in [-0.4, -0.2) is 29.6 Å². The lowest BCUT2D eigenvalue weighted by Gasteiger charge is -2.13. The van der Waals surface area contributed by atoms with E-state index in [1.54, 1.807) is 0 Å². The van der Waals surface area contributed by atoms with Gasteiger partial charge in [0, 0.05) is 6.42 Å². The monoisotopic (exact) mass is 354 g/mol. The second kappa shape index (κ2) is 17.5. The predicted octanol–water partition coefficient (Wildman–Crippen LogP) is 4.16. The zero-order chi connectivity index (χ0) is 18.8. The van der Waals surface area contributed by atoms with Crippen LogP contribution in [0.4, 0.5) is 0 Å². The van der Waals surface area contributed by atoms with E-state index in [9.17, 15) is 9.59 Å². The molecule has 0 bridgehead atoms. The number of nitrogens with two attached hydrogens (primary N) is 1. The zero-order valence-corrected chi connectivity index (χ0v) is 16.0. The van der Waals surface area contributed by atoms with Crippen molar-refractivity contribution in [2.75, 3.05) is 6.54 Å². The summed E-state index contributed by atoms with van der Waals surface area (Å²) in [4.78, 5) is 22.8. The number of amides is 1. The highest BCUT2D eigenvalue weighted by Crippen LogP contribution is 2.09. The van der Waals surface area contributed by atoms with E-state index in [1.165, 1.54) is 38.5 Å². The molecule has 146 valence electrons. The van der Waals surface area contributed by atoms with Gasteiger partial charge in [-0.15, -0.1) is 0 Å². The molecule has 0 aromatic rings. The molecule has 0 unspecified atom stereocenters. The SMILES string of the molecule is CCCCC/C=C\CCCCCCCC(=O)N[C@@H](CCCN)C(=O)O. The first-order valence-electron chi connectivity index (χ1n) is 9.99. The number of hydrogen-bond donors (Lipinski definition) is 3. The van der Waals surface area contributed by atoms with Crippen LogP contribution in [0.2, 0.25) is 0 Å². The van der Waals surface area contributed by atoms with Gasteiger partial charge in [0.05, 0.1) is 0 Å². The third-order valence-corrected chi connectivity index (χ3v) is 4.25. The number of unbranched alkanes of at least 4 members (excludes halogenated alkanes) is 8. The van der Waals surface area contributed by atoms with E-state index in [0.717, 1.165) is 25.7 Å². The first-order chi connectivity index (χ1) is 12.1. The van der Waals surface area contributed by atoms with Crippen molar-refractivity contribution in [3.63, 3.8) is 0 Å². The van der Waals surface area contributed by atoms with E-state index in [1.807, 2.05) is 0 Å². The van der Waals surface area contributed by atoms with Crippen molar-refractivity contribution < 1.29 is 14.7 Å². The van der Waals surface area contributed by atoms with Gasteiger partial charge in [0.2, 0.25) is 5.91 Å². The Kier molecular flexibility index (Phi) is 16.5. The van der Waals surface area contributed by atoms with E-state index in [-0.39, 0.29) is 5.91 Å². The molecule has 0 saturated carbocycles. The van der Waals surface area contributed by atoms with E-state index < -0.39 is 12.0 Å². The first kappa shape index (κ1) is 23.6. The van der Waals surface area contributed by atoms with E-state index in [0.29, 0.717) is 25.8 Å². The third-order valence-electron chi connectivity index (χ3n) is 4.25. The summed E-state index contributed by atoms with van der Waals surface area (Å²) in [5.74, 6) is -1.15.